The molecule has 0 fully saturated rings. The van der Waals surface area contributed by atoms with Crippen molar-refractivity contribution in [3.8, 4) is 16.7 Å². The normalized spacial score (nSPS) is 14.0. The summed E-state index contributed by atoms with van der Waals surface area (Å²) >= 11 is 6.54. The van der Waals surface area contributed by atoms with Gasteiger partial charge in [0.05, 0.1) is 12.7 Å². The summed E-state index contributed by atoms with van der Waals surface area (Å²) in [5, 5.41) is 0.592. The topological polar surface area (TPSA) is 83.2 Å². The Hall–Kier alpha value is -2.49. The largest absolute Gasteiger partial charge is 0.497 e. The molecular formula is C18H18N4O3S2. The van der Waals surface area contributed by atoms with Gasteiger partial charge in [0.15, 0.2) is 4.77 Å². The maximum absolute atomic E-state index is 12.1. The van der Waals surface area contributed by atoms with Crippen molar-refractivity contribution in [1.82, 2.24) is 19.9 Å². The minimum atomic E-state index is -0.105. The average molecular weight is 403 g/mol. The lowest BCUT2D eigenvalue weighted by Gasteiger charge is -2.27. The molecule has 1 aliphatic rings. The van der Waals surface area contributed by atoms with Crippen LogP contribution in [0.5, 0.6) is 16.7 Å². The summed E-state index contributed by atoms with van der Waals surface area (Å²) in [6, 6.07) is 7.38. The van der Waals surface area contributed by atoms with E-state index in [1.807, 2.05) is 30.5 Å². The molecule has 0 saturated carbocycles. The average Bonchev–Trinajstić information content (AvgIpc) is 3.09. The summed E-state index contributed by atoms with van der Waals surface area (Å²) in [5.41, 5.74) is 1.59. The van der Waals surface area contributed by atoms with E-state index in [1.54, 1.807) is 7.11 Å². The molecule has 0 aliphatic carbocycles. The predicted octanol–water partition coefficient (Wildman–Crippen LogP) is 3.25. The van der Waals surface area contributed by atoms with Crippen LogP contribution < -0.4 is 15.0 Å². The number of aromatic amines is 2. The van der Waals surface area contributed by atoms with E-state index in [9.17, 15) is 4.79 Å². The maximum atomic E-state index is 12.1. The highest BCUT2D eigenvalue weighted by atomic mass is 32.1. The van der Waals surface area contributed by atoms with Gasteiger partial charge in [-0.3, -0.25) is 14.7 Å². The molecule has 0 bridgehead atoms. The molecule has 3 heterocycles. The van der Waals surface area contributed by atoms with E-state index in [4.69, 9.17) is 21.7 Å². The molecule has 140 valence electrons. The molecule has 0 saturated heterocycles. The molecule has 0 spiro atoms. The van der Waals surface area contributed by atoms with E-state index >= 15 is 0 Å². The van der Waals surface area contributed by atoms with E-state index in [0.717, 1.165) is 41.4 Å². The van der Waals surface area contributed by atoms with Crippen LogP contribution in [0.25, 0.3) is 0 Å². The number of thiazole rings is 1. The first-order valence-electron chi connectivity index (χ1n) is 8.44. The summed E-state index contributed by atoms with van der Waals surface area (Å²) in [6.07, 6.45) is 2.60. The molecular weight excluding hydrogens is 384 g/mol. The van der Waals surface area contributed by atoms with E-state index in [0.29, 0.717) is 22.3 Å². The molecule has 7 nitrogen and oxygen atoms in total. The number of aromatic nitrogens is 3. The molecule has 2 N–H and O–H groups in total. The molecule has 3 aromatic rings. The zero-order chi connectivity index (χ0) is 18.8. The van der Waals surface area contributed by atoms with Gasteiger partial charge >= 0.3 is 0 Å². The van der Waals surface area contributed by atoms with Crippen molar-refractivity contribution in [3.05, 3.63) is 61.7 Å². The molecule has 0 unspecified atom stereocenters. The lowest BCUT2D eigenvalue weighted by atomic mass is 10.1. The van der Waals surface area contributed by atoms with Crippen LogP contribution in [0.4, 0.5) is 0 Å². The number of fused-ring (bicyclic) bond motifs is 1. The van der Waals surface area contributed by atoms with E-state index in [1.165, 1.54) is 11.3 Å². The Bertz CT molecular complexity index is 1060. The van der Waals surface area contributed by atoms with E-state index in [-0.39, 0.29) is 5.56 Å². The summed E-state index contributed by atoms with van der Waals surface area (Å²) in [5.74, 6) is 1.49. The second-order valence-electron chi connectivity index (χ2n) is 6.20. The Balaban J connectivity index is 1.42. The second-order valence-corrected chi connectivity index (χ2v) is 7.68. The molecule has 0 amide bonds. The lowest BCUT2D eigenvalue weighted by Crippen LogP contribution is -2.35. The summed E-state index contributed by atoms with van der Waals surface area (Å²) in [4.78, 5) is 25.5. The molecule has 4 rings (SSSR count). The van der Waals surface area contributed by atoms with Gasteiger partial charge in [-0.15, -0.1) is 0 Å². The van der Waals surface area contributed by atoms with Crippen LogP contribution in [0.3, 0.4) is 0 Å². The number of hydrogen-bond donors (Lipinski definition) is 2. The van der Waals surface area contributed by atoms with Gasteiger partial charge in [-0.2, -0.15) is 0 Å². The highest BCUT2D eigenvalue weighted by Gasteiger charge is 2.20. The summed E-state index contributed by atoms with van der Waals surface area (Å²) in [7, 11) is 1.63. The highest BCUT2D eigenvalue weighted by Crippen LogP contribution is 2.29. The number of rotatable bonds is 5. The molecule has 0 radical (unpaired) electrons. The Morgan fingerprint density at radius 2 is 2.04 bits per heavy atom. The van der Waals surface area contributed by atoms with Gasteiger partial charge in [0.2, 0.25) is 0 Å². The minimum Gasteiger partial charge on any atom is -0.497 e. The van der Waals surface area contributed by atoms with E-state index < -0.39 is 0 Å². The second kappa shape index (κ2) is 7.63. The smallest absolute Gasteiger partial charge is 0.278 e. The first kappa shape index (κ1) is 17.9. The first-order valence-corrected chi connectivity index (χ1v) is 9.66. The van der Waals surface area contributed by atoms with Gasteiger partial charge in [0.1, 0.15) is 11.5 Å². The highest BCUT2D eigenvalue weighted by molar-refractivity contribution is 7.71. The fourth-order valence-electron chi connectivity index (χ4n) is 3.02. The Labute approximate surface area is 164 Å². The Morgan fingerprint density at radius 3 is 2.81 bits per heavy atom. The summed E-state index contributed by atoms with van der Waals surface area (Å²) in [6.45, 7) is 2.16. The SMILES string of the molecule is COc1ccc(Oc2ncc(CN3CCc4[nH]c(=S)[nH]c(=O)c4C3)s2)cc1. The van der Waals surface area contributed by atoms with Crippen molar-refractivity contribution in [2.24, 2.45) is 0 Å². The van der Waals surface area contributed by atoms with E-state index in [2.05, 4.69) is 19.9 Å². The third-order valence-corrected chi connectivity index (χ3v) is 5.43. The zero-order valence-corrected chi connectivity index (χ0v) is 16.3. The van der Waals surface area contributed by atoms with Crippen LogP contribution in [0.15, 0.2) is 35.3 Å². The predicted molar refractivity (Wildman–Crippen MR) is 105 cm³/mol. The Morgan fingerprint density at radius 1 is 1.26 bits per heavy atom. The van der Waals surface area contributed by atoms with Crippen LogP contribution in [-0.4, -0.2) is 33.5 Å². The van der Waals surface area contributed by atoms with Crippen LogP contribution in [0.1, 0.15) is 16.1 Å². The van der Waals surface area contributed by atoms with Crippen molar-refractivity contribution >= 4 is 23.6 Å². The molecule has 27 heavy (non-hydrogen) atoms. The van der Waals surface area contributed by atoms with Gasteiger partial charge in [-0.05, 0) is 36.5 Å². The zero-order valence-electron chi connectivity index (χ0n) is 14.7. The fraction of sp³-hybridized carbons (Fsp3) is 0.278. The minimum absolute atomic E-state index is 0.105. The van der Waals surface area contributed by atoms with Crippen LogP contribution in [-0.2, 0) is 19.5 Å². The van der Waals surface area contributed by atoms with Crippen LogP contribution in [0, 0.1) is 4.77 Å². The molecule has 9 heteroatoms. The van der Waals surface area contributed by atoms with Crippen molar-refractivity contribution in [1.29, 1.82) is 0 Å². The monoisotopic (exact) mass is 402 g/mol. The molecule has 1 aliphatic heterocycles. The van der Waals surface area contributed by atoms with Crippen molar-refractivity contribution in [2.45, 2.75) is 19.5 Å². The molecule has 1 aromatic carbocycles. The molecule has 2 aromatic heterocycles. The van der Waals surface area contributed by atoms with Crippen molar-refractivity contribution in [3.63, 3.8) is 0 Å². The number of nitrogens with one attached hydrogen (secondary N) is 2. The van der Waals surface area contributed by atoms with Gasteiger partial charge in [-0.25, -0.2) is 4.98 Å². The Kier molecular flexibility index (Phi) is 5.06. The molecule has 0 atom stereocenters. The number of ether oxygens (including phenoxy) is 2. The van der Waals surface area contributed by atoms with Gasteiger partial charge in [-0.1, -0.05) is 11.3 Å². The number of H-pyrrole nitrogens is 2. The third-order valence-electron chi connectivity index (χ3n) is 4.37. The van der Waals surface area contributed by atoms with Crippen LogP contribution >= 0.6 is 23.6 Å². The van der Waals surface area contributed by atoms with Crippen molar-refractivity contribution in [2.75, 3.05) is 13.7 Å². The van der Waals surface area contributed by atoms with Gasteiger partial charge in [0, 0.05) is 42.8 Å². The maximum Gasteiger partial charge on any atom is 0.278 e. The van der Waals surface area contributed by atoms with Crippen molar-refractivity contribution < 1.29 is 9.47 Å². The number of benzene rings is 1. The lowest BCUT2D eigenvalue weighted by molar-refractivity contribution is 0.243. The fourth-order valence-corrected chi connectivity index (χ4v) is 4.06. The first-order chi connectivity index (χ1) is 13.1. The standard InChI is InChI=1S/C18H18N4O3S2/c1-24-11-2-4-12(5-3-11)25-18-19-8-13(27-18)9-22-7-6-15-14(10-22)16(23)21-17(26)20-15/h2-5,8H,6-7,9-10H2,1H3,(H2,20,21,23,26). The van der Waals surface area contributed by atoms with Gasteiger partial charge < -0.3 is 14.5 Å². The quantitative estimate of drug-likeness (QED) is 0.638. The number of hydrogen-bond acceptors (Lipinski definition) is 7. The third kappa shape index (κ3) is 4.10. The number of methoxy groups -OCH3 is 1. The summed E-state index contributed by atoms with van der Waals surface area (Å²) < 4.78 is 11.3. The van der Waals surface area contributed by atoms with Crippen LogP contribution in [0.2, 0.25) is 0 Å². The van der Waals surface area contributed by atoms with Gasteiger partial charge in [0.25, 0.3) is 10.8 Å². The number of nitrogens with zero attached hydrogens (tertiary/aromatic N) is 2.